The predicted octanol–water partition coefficient (Wildman–Crippen LogP) is 3.42. The monoisotopic (exact) mass is 281 g/mol. The number of Topliss-reactive ketones (excluding diaryl/α,β-unsaturated/α-hetero) is 1. The molecule has 21 heavy (non-hydrogen) atoms. The lowest BCUT2D eigenvalue weighted by Gasteiger charge is -2.36. The minimum atomic E-state index is -0.423. The van der Waals surface area contributed by atoms with Crippen LogP contribution in [0.2, 0.25) is 0 Å². The molecule has 1 fully saturated rings. The number of carbonyl (C=O) groups is 1. The summed E-state index contributed by atoms with van der Waals surface area (Å²) in [7, 11) is 0. The number of nitrogens with zero attached hydrogens (tertiary/aromatic N) is 1. The van der Waals surface area contributed by atoms with Crippen molar-refractivity contribution in [2.24, 2.45) is 5.41 Å². The van der Waals surface area contributed by atoms with Gasteiger partial charge in [0.05, 0.1) is 24.1 Å². The van der Waals surface area contributed by atoms with Gasteiger partial charge in [-0.3, -0.25) is 9.78 Å². The van der Waals surface area contributed by atoms with E-state index in [4.69, 9.17) is 4.74 Å². The number of fused-ring (bicyclic) bond motifs is 1. The highest BCUT2D eigenvalue weighted by Crippen LogP contribution is 2.31. The largest absolute Gasteiger partial charge is 0.379 e. The van der Waals surface area contributed by atoms with E-state index in [2.05, 4.69) is 42.2 Å². The summed E-state index contributed by atoms with van der Waals surface area (Å²) >= 11 is 0. The van der Waals surface area contributed by atoms with Gasteiger partial charge in [0.15, 0.2) is 0 Å². The Balaban J connectivity index is 1.92. The van der Waals surface area contributed by atoms with Crippen molar-refractivity contribution in [3.8, 4) is 0 Å². The van der Waals surface area contributed by atoms with Crippen LogP contribution in [0.5, 0.6) is 0 Å². The highest BCUT2D eigenvalue weighted by molar-refractivity contribution is 5.87. The summed E-state index contributed by atoms with van der Waals surface area (Å²) in [5.41, 5.74) is 2.73. The van der Waals surface area contributed by atoms with Gasteiger partial charge in [-0.05, 0) is 31.0 Å². The summed E-state index contributed by atoms with van der Waals surface area (Å²) in [5, 5.41) is 1.14. The first-order valence-corrected chi connectivity index (χ1v) is 7.31. The fourth-order valence-electron chi connectivity index (χ4n) is 2.47. The Hall–Kier alpha value is -2.00. The van der Waals surface area contributed by atoms with Gasteiger partial charge in [-0.25, -0.2) is 0 Å². The summed E-state index contributed by atoms with van der Waals surface area (Å²) in [6, 6.07) is 10.4. The number of ketones is 1. The van der Waals surface area contributed by atoms with E-state index in [1.54, 1.807) is 6.92 Å². The van der Waals surface area contributed by atoms with Gasteiger partial charge in [0, 0.05) is 11.1 Å². The molecule has 3 rings (SSSR count). The molecule has 0 saturated carbocycles. The number of pyridine rings is 1. The summed E-state index contributed by atoms with van der Waals surface area (Å²) in [4.78, 5) is 16.4. The van der Waals surface area contributed by atoms with E-state index < -0.39 is 5.41 Å². The van der Waals surface area contributed by atoms with Crippen molar-refractivity contribution in [2.45, 2.75) is 20.3 Å². The van der Waals surface area contributed by atoms with Crippen LogP contribution in [0.25, 0.3) is 17.0 Å². The van der Waals surface area contributed by atoms with Gasteiger partial charge in [-0.15, -0.1) is 0 Å². The Bertz CT molecular complexity index is 714. The summed E-state index contributed by atoms with van der Waals surface area (Å²) in [6.07, 6.45) is 4.91. The van der Waals surface area contributed by atoms with Crippen molar-refractivity contribution >= 4 is 22.8 Å². The zero-order valence-corrected chi connectivity index (χ0v) is 12.4. The van der Waals surface area contributed by atoms with Crippen LogP contribution in [-0.2, 0) is 16.0 Å². The van der Waals surface area contributed by atoms with E-state index in [0.29, 0.717) is 13.2 Å². The molecule has 0 unspecified atom stereocenters. The average molecular weight is 281 g/mol. The minimum absolute atomic E-state index is 0.164. The third kappa shape index (κ3) is 2.61. The van der Waals surface area contributed by atoms with Gasteiger partial charge in [-0.2, -0.15) is 0 Å². The molecule has 2 heterocycles. The molecule has 1 aliphatic rings. The molecular formula is C18H19NO2. The molecular weight excluding hydrogens is 262 g/mol. The van der Waals surface area contributed by atoms with E-state index in [9.17, 15) is 4.79 Å². The second kappa shape index (κ2) is 5.41. The molecule has 0 radical (unpaired) electrons. The molecule has 1 aliphatic heterocycles. The molecule has 3 nitrogen and oxygen atoms in total. The molecule has 2 aromatic rings. The van der Waals surface area contributed by atoms with Crippen LogP contribution in [0, 0.1) is 5.41 Å². The average Bonchev–Trinajstić information content (AvgIpc) is 2.45. The SMILES string of the molecule is CCc1ccc2ccc(/C=C/C3(C(C)=O)COC3)cc2n1. The van der Waals surface area contributed by atoms with Crippen molar-refractivity contribution < 1.29 is 9.53 Å². The van der Waals surface area contributed by atoms with Gasteiger partial charge < -0.3 is 4.74 Å². The molecule has 0 atom stereocenters. The third-order valence-electron chi connectivity index (χ3n) is 4.15. The molecule has 0 spiro atoms. The molecule has 0 amide bonds. The number of benzene rings is 1. The van der Waals surface area contributed by atoms with Crippen LogP contribution in [0.3, 0.4) is 0 Å². The van der Waals surface area contributed by atoms with E-state index >= 15 is 0 Å². The second-order valence-electron chi connectivity index (χ2n) is 5.65. The van der Waals surface area contributed by atoms with Crippen LogP contribution in [0.1, 0.15) is 25.1 Å². The highest BCUT2D eigenvalue weighted by Gasteiger charge is 2.40. The van der Waals surface area contributed by atoms with Gasteiger partial charge in [0.2, 0.25) is 0 Å². The maximum Gasteiger partial charge on any atom is 0.144 e. The lowest BCUT2D eigenvalue weighted by Crippen LogP contribution is -2.46. The maximum atomic E-state index is 11.7. The number of hydrogen-bond donors (Lipinski definition) is 0. The van der Waals surface area contributed by atoms with Crippen LogP contribution < -0.4 is 0 Å². The van der Waals surface area contributed by atoms with Gasteiger partial charge in [0.25, 0.3) is 0 Å². The Morgan fingerprint density at radius 2 is 2.10 bits per heavy atom. The molecule has 0 bridgehead atoms. The Morgan fingerprint density at radius 3 is 2.71 bits per heavy atom. The first kappa shape index (κ1) is 14.0. The summed E-state index contributed by atoms with van der Waals surface area (Å²) in [6.45, 7) is 4.71. The van der Waals surface area contributed by atoms with Crippen LogP contribution in [0.4, 0.5) is 0 Å². The number of hydrogen-bond acceptors (Lipinski definition) is 3. The van der Waals surface area contributed by atoms with Crippen LogP contribution in [0.15, 0.2) is 36.4 Å². The quantitative estimate of drug-likeness (QED) is 0.862. The fraction of sp³-hybridized carbons (Fsp3) is 0.333. The van der Waals surface area contributed by atoms with Gasteiger partial charge >= 0.3 is 0 Å². The van der Waals surface area contributed by atoms with E-state index in [-0.39, 0.29) is 5.78 Å². The first-order valence-electron chi connectivity index (χ1n) is 7.31. The number of rotatable bonds is 4. The van der Waals surface area contributed by atoms with Crippen LogP contribution >= 0.6 is 0 Å². The van der Waals surface area contributed by atoms with Crippen molar-refractivity contribution in [2.75, 3.05) is 13.2 Å². The van der Waals surface area contributed by atoms with E-state index in [1.807, 2.05) is 12.2 Å². The first-order chi connectivity index (χ1) is 10.1. The molecule has 3 heteroatoms. The van der Waals surface area contributed by atoms with E-state index in [0.717, 1.165) is 28.6 Å². The number of ether oxygens (including phenoxy) is 1. The number of aromatic nitrogens is 1. The molecule has 0 N–H and O–H groups in total. The predicted molar refractivity (Wildman–Crippen MR) is 84.1 cm³/mol. The van der Waals surface area contributed by atoms with Gasteiger partial charge in [0.1, 0.15) is 5.78 Å². The van der Waals surface area contributed by atoms with Crippen LogP contribution in [-0.4, -0.2) is 24.0 Å². The van der Waals surface area contributed by atoms with E-state index in [1.165, 1.54) is 0 Å². The maximum absolute atomic E-state index is 11.7. The summed E-state index contributed by atoms with van der Waals surface area (Å²) in [5.74, 6) is 0.164. The minimum Gasteiger partial charge on any atom is -0.379 e. The lowest BCUT2D eigenvalue weighted by atomic mass is 9.81. The molecule has 1 saturated heterocycles. The van der Waals surface area contributed by atoms with Gasteiger partial charge in [-0.1, -0.05) is 37.3 Å². The summed E-state index contributed by atoms with van der Waals surface area (Å²) < 4.78 is 5.20. The number of aryl methyl sites for hydroxylation is 1. The van der Waals surface area contributed by atoms with Crippen molar-refractivity contribution in [3.63, 3.8) is 0 Å². The normalized spacial score (nSPS) is 17.0. The standard InChI is InChI=1S/C18H19NO2/c1-3-16-7-6-15-5-4-14(10-17(15)19-16)8-9-18(13(2)20)11-21-12-18/h4-10H,3,11-12H2,1-2H3/b9-8+. The smallest absolute Gasteiger partial charge is 0.144 e. The second-order valence-corrected chi connectivity index (χ2v) is 5.65. The molecule has 108 valence electrons. The third-order valence-corrected chi connectivity index (χ3v) is 4.15. The highest BCUT2D eigenvalue weighted by atomic mass is 16.5. The van der Waals surface area contributed by atoms with Crippen molar-refractivity contribution in [1.82, 2.24) is 4.98 Å². The zero-order valence-electron chi connectivity index (χ0n) is 12.4. The molecule has 1 aromatic heterocycles. The number of carbonyl (C=O) groups excluding carboxylic acids is 1. The Morgan fingerprint density at radius 1 is 1.33 bits per heavy atom. The lowest BCUT2D eigenvalue weighted by molar-refractivity contribution is -0.146. The Kier molecular flexibility index (Phi) is 3.60. The van der Waals surface area contributed by atoms with Crippen molar-refractivity contribution in [1.29, 1.82) is 0 Å². The zero-order chi connectivity index (χ0) is 14.9. The topological polar surface area (TPSA) is 39.2 Å². The molecule has 0 aliphatic carbocycles. The Labute approximate surface area is 124 Å². The molecule has 1 aromatic carbocycles. The van der Waals surface area contributed by atoms with Crippen molar-refractivity contribution in [3.05, 3.63) is 47.7 Å². The fourth-order valence-corrected chi connectivity index (χ4v) is 2.47.